The molecule has 2 saturated heterocycles. The predicted molar refractivity (Wildman–Crippen MR) is 82.6 cm³/mol. The maximum absolute atomic E-state index is 12.6. The van der Waals surface area contributed by atoms with E-state index in [9.17, 15) is 9.90 Å². The number of urea groups is 1. The number of carbonyl (C=O) groups excluding carboxylic acids is 1. The Morgan fingerprint density at radius 2 is 2.18 bits per heavy atom. The number of amides is 2. The first kappa shape index (κ1) is 13.7. The van der Waals surface area contributed by atoms with E-state index in [2.05, 4.69) is 20.5 Å². The fraction of sp³-hybridized carbons (Fsp3) is 0.500. The molecule has 2 aliphatic rings. The molecule has 22 heavy (non-hydrogen) atoms. The van der Waals surface area contributed by atoms with Gasteiger partial charge < -0.3 is 15.3 Å². The molecule has 2 amide bonds. The molecule has 0 saturated carbocycles. The first-order chi connectivity index (χ1) is 10.7. The van der Waals surface area contributed by atoms with Crippen molar-refractivity contribution in [1.82, 2.24) is 20.1 Å². The zero-order chi connectivity index (χ0) is 15.1. The summed E-state index contributed by atoms with van der Waals surface area (Å²) in [6.07, 6.45) is 6.35. The van der Waals surface area contributed by atoms with Crippen molar-refractivity contribution in [3.05, 3.63) is 17.8 Å². The average Bonchev–Trinajstić information content (AvgIpc) is 3.18. The minimum atomic E-state index is -0.277. The number of nitrogens with one attached hydrogen (secondary N) is 2. The second kappa shape index (κ2) is 5.36. The van der Waals surface area contributed by atoms with Gasteiger partial charge >= 0.3 is 6.03 Å². The van der Waals surface area contributed by atoms with Gasteiger partial charge in [-0.1, -0.05) is 0 Å². The Hall–Kier alpha value is -1.93. The van der Waals surface area contributed by atoms with Crippen LogP contribution in [0.15, 0.2) is 17.8 Å². The summed E-state index contributed by atoms with van der Waals surface area (Å²) in [7, 11) is 0. The standard InChI is InChI=1S/C14H17N5O2S/c20-10-5-8-1-2-9(6-10)19(8)14(21)17-11-7-16-18-12(11)13-15-3-4-22-13/h3-4,7-10,20H,1-2,5-6H2,(H,16,18)(H,17,21)/t8-,9-/m0/s1. The lowest BCUT2D eigenvalue weighted by Gasteiger charge is -2.37. The number of aliphatic hydroxyl groups excluding tert-OH is 1. The highest BCUT2D eigenvalue weighted by atomic mass is 32.1. The van der Waals surface area contributed by atoms with Crippen molar-refractivity contribution >= 4 is 23.1 Å². The van der Waals surface area contributed by atoms with Crippen molar-refractivity contribution in [2.75, 3.05) is 5.32 Å². The molecular weight excluding hydrogens is 302 g/mol. The van der Waals surface area contributed by atoms with Crippen LogP contribution in [-0.2, 0) is 0 Å². The van der Waals surface area contributed by atoms with Crippen LogP contribution in [0.1, 0.15) is 25.7 Å². The first-order valence-electron chi connectivity index (χ1n) is 7.43. The van der Waals surface area contributed by atoms with E-state index in [0.717, 1.165) is 23.5 Å². The molecule has 0 aliphatic carbocycles. The van der Waals surface area contributed by atoms with Crippen LogP contribution in [0.25, 0.3) is 10.7 Å². The molecule has 0 spiro atoms. The van der Waals surface area contributed by atoms with Gasteiger partial charge in [-0.3, -0.25) is 5.10 Å². The molecule has 4 heterocycles. The number of hydrogen-bond donors (Lipinski definition) is 3. The monoisotopic (exact) mass is 319 g/mol. The smallest absolute Gasteiger partial charge is 0.322 e. The number of nitrogens with zero attached hydrogens (tertiary/aromatic N) is 3. The highest BCUT2D eigenvalue weighted by Crippen LogP contribution is 2.36. The summed E-state index contributed by atoms with van der Waals surface area (Å²) >= 11 is 1.49. The molecule has 2 atom stereocenters. The second-order valence-corrected chi connectivity index (χ2v) is 6.74. The molecule has 2 fully saturated rings. The fourth-order valence-corrected chi connectivity index (χ4v) is 4.20. The average molecular weight is 319 g/mol. The molecule has 116 valence electrons. The van der Waals surface area contributed by atoms with Gasteiger partial charge in [0.1, 0.15) is 10.7 Å². The van der Waals surface area contributed by atoms with Crippen molar-refractivity contribution in [2.24, 2.45) is 0 Å². The van der Waals surface area contributed by atoms with Gasteiger partial charge in [-0.05, 0) is 25.7 Å². The maximum atomic E-state index is 12.6. The van der Waals surface area contributed by atoms with Gasteiger partial charge in [0.2, 0.25) is 0 Å². The third kappa shape index (κ3) is 2.28. The Balaban J connectivity index is 1.53. The number of fused-ring (bicyclic) bond motifs is 2. The number of hydrogen-bond acceptors (Lipinski definition) is 5. The molecule has 2 aromatic rings. The summed E-state index contributed by atoms with van der Waals surface area (Å²) in [6, 6.07) is 0.173. The van der Waals surface area contributed by atoms with E-state index >= 15 is 0 Å². The van der Waals surface area contributed by atoms with Crippen LogP contribution >= 0.6 is 11.3 Å². The van der Waals surface area contributed by atoms with Crippen LogP contribution in [-0.4, -0.2) is 49.4 Å². The number of aliphatic hydroxyl groups is 1. The molecule has 0 aromatic carbocycles. The van der Waals surface area contributed by atoms with Crippen LogP contribution in [0.5, 0.6) is 0 Å². The van der Waals surface area contributed by atoms with Crippen molar-refractivity contribution in [2.45, 2.75) is 43.9 Å². The summed E-state index contributed by atoms with van der Waals surface area (Å²) in [5.41, 5.74) is 1.37. The van der Waals surface area contributed by atoms with E-state index in [1.165, 1.54) is 11.3 Å². The topological polar surface area (TPSA) is 94.1 Å². The molecule has 7 nitrogen and oxygen atoms in total. The number of aromatic nitrogens is 3. The molecule has 8 heteroatoms. The highest BCUT2D eigenvalue weighted by Gasteiger charge is 2.42. The SMILES string of the molecule is O=C(Nc1cn[nH]c1-c1nccs1)N1[C@H]2CC[C@H]1CC(O)C2. The van der Waals surface area contributed by atoms with Crippen molar-refractivity contribution < 1.29 is 9.90 Å². The molecule has 3 N–H and O–H groups in total. The lowest BCUT2D eigenvalue weighted by Crippen LogP contribution is -2.49. The zero-order valence-electron chi connectivity index (χ0n) is 11.9. The predicted octanol–water partition coefficient (Wildman–Crippen LogP) is 2.05. The van der Waals surface area contributed by atoms with Crippen molar-refractivity contribution in [3.8, 4) is 10.7 Å². The summed E-state index contributed by atoms with van der Waals surface area (Å²) < 4.78 is 0. The van der Waals surface area contributed by atoms with Gasteiger partial charge in [0.25, 0.3) is 0 Å². The Labute approximate surface area is 131 Å². The minimum absolute atomic E-state index is 0.112. The normalized spacial score (nSPS) is 27.1. The van der Waals surface area contributed by atoms with E-state index in [4.69, 9.17) is 0 Å². The number of aromatic amines is 1. The molecule has 2 aliphatic heterocycles. The first-order valence-corrected chi connectivity index (χ1v) is 8.31. The van der Waals surface area contributed by atoms with Gasteiger partial charge in [0, 0.05) is 23.7 Å². The minimum Gasteiger partial charge on any atom is -0.393 e. The molecule has 4 rings (SSSR count). The molecule has 2 bridgehead atoms. The number of thiazole rings is 1. The van der Waals surface area contributed by atoms with Gasteiger partial charge in [-0.15, -0.1) is 11.3 Å². The van der Waals surface area contributed by atoms with Crippen LogP contribution in [0, 0.1) is 0 Å². The van der Waals surface area contributed by atoms with E-state index in [0.29, 0.717) is 18.5 Å². The van der Waals surface area contributed by atoms with E-state index in [-0.39, 0.29) is 24.2 Å². The van der Waals surface area contributed by atoms with Crippen LogP contribution in [0.2, 0.25) is 0 Å². The number of piperidine rings is 1. The zero-order valence-corrected chi connectivity index (χ0v) is 12.7. The number of carbonyl (C=O) groups is 1. The quantitative estimate of drug-likeness (QED) is 0.789. The summed E-state index contributed by atoms with van der Waals surface area (Å²) in [4.78, 5) is 18.8. The Kier molecular flexibility index (Phi) is 3.34. The Morgan fingerprint density at radius 3 is 2.86 bits per heavy atom. The second-order valence-electron chi connectivity index (χ2n) is 5.84. The number of rotatable bonds is 2. The molecule has 2 aromatic heterocycles. The lowest BCUT2D eigenvalue weighted by atomic mass is 10.0. The summed E-state index contributed by atoms with van der Waals surface area (Å²) in [5.74, 6) is 0. The number of H-pyrrole nitrogens is 1. The van der Waals surface area contributed by atoms with Gasteiger partial charge in [0.15, 0.2) is 0 Å². The van der Waals surface area contributed by atoms with Gasteiger partial charge in [0.05, 0.1) is 18.0 Å². The lowest BCUT2D eigenvalue weighted by molar-refractivity contribution is 0.0580. The van der Waals surface area contributed by atoms with Crippen molar-refractivity contribution in [3.63, 3.8) is 0 Å². The Bertz CT molecular complexity index is 657. The van der Waals surface area contributed by atoms with Crippen LogP contribution < -0.4 is 5.32 Å². The van der Waals surface area contributed by atoms with E-state index in [1.54, 1.807) is 12.4 Å². The largest absolute Gasteiger partial charge is 0.393 e. The van der Waals surface area contributed by atoms with E-state index < -0.39 is 0 Å². The van der Waals surface area contributed by atoms with Gasteiger partial charge in [-0.25, -0.2) is 9.78 Å². The maximum Gasteiger partial charge on any atom is 0.322 e. The third-order valence-electron chi connectivity index (χ3n) is 4.47. The summed E-state index contributed by atoms with van der Waals surface area (Å²) in [6.45, 7) is 0. The van der Waals surface area contributed by atoms with Crippen LogP contribution in [0.3, 0.4) is 0 Å². The fourth-order valence-electron chi connectivity index (χ4n) is 3.55. The number of anilines is 1. The molecular formula is C14H17N5O2S. The van der Waals surface area contributed by atoms with E-state index in [1.807, 2.05) is 10.3 Å². The third-order valence-corrected chi connectivity index (χ3v) is 5.26. The van der Waals surface area contributed by atoms with Crippen LogP contribution in [0.4, 0.5) is 10.5 Å². The van der Waals surface area contributed by atoms with Crippen molar-refractivity contribution in [1.29, 1.82) is 0 Å². The Morgan fingerprint density at radius 1 is 1.41 bits per heavy atom. The highest BCUT2D eigenvalue weighted by molar-refractivity contribution is 7.13. The van der Waals surface area contributed by atoms with Gasteiger partial charge in [-0.2, -0.15) is 5.10 Å². The molecule has 0 unspecified atom stereocenters. The molecule has 0 radical (unpaired) electrons. The summed E-state index contributed by atoms with van der Waals surface area (Å²) in [5, 5.41) is 22.4.